The largest absolute Gasteiger partial charge is 0.393 e. The first-order chi connectivity index (χ1) is 15.7. The van der Waals surface area contributed by atoms with Crippen molar-refractivity contribution in [3.8, 4) is 0 Å². The Labute approximate surface area is 195 Å². The number of hydrogen-bond acceptors (Lipinski definition) is 6. The number of allylic oxidation sites excluding steroid dienone is 1. The van der Waals surface area contributed by atoms with Gasteiger partial charge in [-0.25, -0.2) is 0 Å². The van der Waals surface area contributed by atoms with Gasteiger partial charge in [0.2, 0.25) is 0 Å². The van der Waals surface area contributed by atoms with Gasteiger partial charge in [0, 0.05) is 24.2 Å². The number of pyridine rings is 1. The molecule has 5 unspecified atom stereocenters. The molecule has 2 N–H and O–H groups in total. The van der Waals surface area contributed by atoms with E-state index in [-0.39, 0.29) is 47.9 Å². The number of aliphatic hydroxyl groups is 2. The molecule has 1 aromatic rings. The number of rotatable bonds is 5. The SMILES string of the molecule is CC12CCC(=O)C=C1CCC1C2[C@@H](O)CC2(C)C1CC[C@]2(O)C(=O)COCc1cccnc1. The number of ether oxygens (including phenoxy) is 1. The van der Waals surface area contributed by atoms with Gasteiger partial charge in [-0.3, -0.25) is 14.6 Å². The minimum atomic E-state index is -1.49. The van der Waals surface area contributed by atoms with Crippen molar-refractivity contribution < 1.29 is 24.5 Å². The molecule has 6 nitrogen and oxygen atoms in total. The number of ketones is 2. The van der Waals surface area contributed by atoms with Gasteiger partial charge in [-0.2, -0.15) is 0 Å². The summed E-state index contributed by atoms with van der Waals surface area (Å²) in [6.07, 6.45) is 9.30. The zero-order chi connectivity index (χ0) is 23.4. The molecule has 0 aliphatic heterocycles. The van der Waals surface area contributed by atoms with Crippen molar-refractivity contribution in [2.24, 2.45) is 28.6 Å². The second-order valence-corrected chi connectivity index (χ2v) is 11.3. The maximum atomic E-state index is 13.3. The van der Waals surface area contributed by atoms with E-state index >= 15 is 0 Å². The second kappa shape index (κ2) is 8.10. The lowest BCUT2D eigenvalue weighted by Crippen LogP contribution is -2.62. The highest BCUT2D eigenvalue weighted by atomic mass is 16.5. The van der Waals surface area contributed by atoms with E-state index < -0.39 is 17.1 Å². The maximum Gasteiger partial charge on any atom is 0.190 e. The molecular weight excluding hydrogens is 418 g/mol. The van der Waals surface area contributed by atoms with Gasteiger partial charge in [-0.15, -0.1) is 0 Å². The lowest BCUT2D eigenvalue weighted by atomic mass is 9.45. The molecule has 4 aliphatic rings. The topological polar surface area (TPSA) is 96.7 Å². The van der Waals surface area contributed by atoms with E-state index in [1.165, 1.54) is 5.57 Å². The molecule has 4 aliphatic carbocycles. The molecule has 6 heteroatoms. The second-order valence-electron chi connectivity index (χ2n) is 11.3. The molecule has 33 heavy (non-hydrogen) atoms. The van der Waals surface area contributed by atoms with Gasteiger partial charge in [0.1, 0.15) is 12.2 Å². The van der Waals surface area contributed by atoms with E-state index in [2.05, 4.69) is 11.9 Å². The Balaban J connectivity index is 1.35. The molecule has 3 saturated carbocycles. The molecule has 0 spiro atoms. The van der Waals surface area contributed by atoms with Crippen molar-refractivity contribution >= 4 is 11.6 Å². The smallest absolute Gasteiger partial charge is 0.190 e. The van der Waals surface area contributed by atoms with E-state index in [0.717, 1.165) is 31.2 Å². The summed E-state index contributed by atoms with van der Waals surface area (Å²) in [5.74, 6) is 0.403. The highest BCUT2D eigenvalue weighted by Gasteiger charge is 2.68. The van der Waals surface area contributed by atoms with Gasteiger partial charge < -0.3 is 14.9 Å². The Hall–Kier alpha value is -1.89. The third-order valence-electron chi connectivity index (χ3n) is 9.73. The molecule has 0 bridgehead atoms. The van der Waals surface area contributed by atoms with Crippen LogP contribution in [0.25, 0.3) is 0 Å². The molecule has 5 rings (SSSR count). The van der Waals surface area contributed by atoms with Crippen molar-refractivity contribution in [3.05, 3.63) is 41.7 Å². The highest BCUT2D eigenvalue weighted by molar-refractivity contribution is 5.92. The molecule has 0 saturated heterocycles. The molecule has 0 amide bonds. The van der Waals surface area contributed by atoms with Crippen LogP contribution in [0, 0.1) is 28.6 Å². The van der Waals surface area contributed by atoms with Crippen LogP contribution in [0.4, 0.5) is 0 Å². The minimum Gasteiger partial charge on any atom is -0.393 e. The highest BCUT2D eigenvalue weighted by Crippen LogP contribution is 2.67. The number of carbonyl (C=O) groups is 2. The number of nitrogens with zero attached hydrogens (tertiary/aromatic N) is 1. The fraction of sp³-hybridized carbons (Fsp3) is 0.667. The monoisotopic (exact) mass is 453 g/mol. The minimum absolute atomic E-state index is 0.0722. The standard InChI is InChI=1S/C27H35NO5/c1-25-9-7-19(29)12-18(25)5-6-20-21-8-10-27(32,26(21,2)13-22(30)24(20)25)23(31)16-33-15-17-4-3-11-28-14-17/h3-4,11-12,14,20-22,24,30,32H,5-10,13,15-16H2,1-2H3/t20?,21?,22-,24?,25?,26?,27-/m0/s1. The number of Topliss-reactive ketones (excluding diaryl/α,β-unsaturated/α-hetero) is 1. The van der Waals surface area contributed by atoms with Crippen LogP contribution in [-0.4, -0.2) is 45.1 Å². The summed E-state index contributed by atoms with van der Waals surface area (Å²) in [6, 6.07) is 3.71. The average molecular weight is 454 g/mol. The zero-order valence-electron chi connectivity index (χ0n) is 19.6. The van der Waals surface area contributed by atoms with E-state index in [9.17, 15) is 19.8 Å². The molecular formula is C27H35NO5. The van der Waals surface area contributed by atoms with Crippen LogP contribution >= 0.6 is 0 Å². The number of carbonyl (C=O) groups excluding carboxylic acids is 2. The zero-order valence-corrected chi connectivity index (χ0v) is 19.6. The molecule has 3 fully saturated rings. The number of aliphatic hydroxyl groups excluding tert-OH is 1. The fourth-order valence-corrected chi connectivity index (χ4v) is 8.01. The molecule has 0 radical (unpaired) electrons. The van der Waals surface area contributed by atoms with Gasteiger partial charge in [-0.05, 0) is 79.4 Å². The molecule has 1 aromatic heterocycles. The van der Waals surface area contributed by atoms with Crippen LogP contribution in [0.3, 0.4) is 0 Å². The van der Waals surface area contributed by atoms with E-state index in [1.54, 1.807) is 12.4 Å². The van der Waals surface area contributed by atoms with E-state index in [1.807, 2.05) is 25.1 Å². The molecule has 7 atom stereocenters. The van der Waals surface area contributed by atoms with Crippen molar-refractivity contribution in [1.29, 1.82) is 0 Å². The van der Waals surface area contributed by atoms with Crippen LogP contribution in [0.1, 0.15) is 64.4 Å². The average Bonchev–Trinajstić information content (AvgIpc) is 3.06. The Morgan fingerprint density at radius 3 is 2.82 bits per heavy atom. The quantitative estimate of drug-likeness (QED) is 0.709. The van der Waals surface area contributed by atoms with Crippen LogP contribution < -0.4 is 0 Å². The summed E-state index contributed by atoms with van der Waals surface area (Å²) >= 11 is 0. The van der Waals surface area contributed by atoms with Crippen LogP contribution in [0.2, 0.25) is 0 Å². The van der Waals surface area contributed by atoms with E-state index in [4.69, 9.17) is 4.74 Å². The van der Waals surface area contributed by atoms with Gasteiger partial charge >= 0.3 is 0 Å². The van der Waals surface area contributed by atoms with Gasteiger partial charge in [0.25, 0.3) is 0 Å². The Morgan fingerprint density at radius 2 is 2.06 bits per heavy atom. The van der Waals surface area contributed by atoms with E-state index in [0.29, 0.717) is 19.3 Å². The summed E-state index contributed by atoms with van der Waals surface area (Å²) < 4.78 is 5.66. The third-order valence-corrected chi connectivity index (χ3v) is 9.73. The Kier molecular flexibility index (Phi) is 5.62. The number of aromatic nitrogens is 1. The Morgan fingerprint density at radius 1 is 1.24 bits per heavy atom. The molecule has 0 aromatic carbocycles. The first kappa shape index (κ1) is 22.9. The summed E-state index contributed by atoms with van der Waals surface area (Å²) in [5, 5.41) is 23.2. The first-order valence-electron chi connectivity index (χ1n) is 12.3. The number of fused-ring (bicyclic) bond motifs is 5. The fourth-order valence-electron chi connectivity index (χ4n) is 8.01. The molecule has 1 heterocycles. The van der Waals surface area contributed by atoms with Gasteiger partial charge in [0.15, 0.2) is 11.6 Å². The lowest BCUT2D eigenvalue weighted by Gasteiger charge is -2.60. The summed E-state index contributed by atoms with van der Waals surface area (Å²) in [7, 11) is 0. The van der Waals surface area contributed by atoms with Crippen LogP contribution in [0.15, 0.2) is 36.2 Å². The van der Waals surface area contributed by atoms with Crippen molar-refractivity contribution in [2.45, 2.75) is 77.1 Å². The van der Waals surface area contributed by atoms with Crippen molar-refractivity contribution in [1.82, 2.24) is 4.98 Å². The summed E-state index contributed by atoms with van der Waals surface area (Å²) in [6.45, 7) is 4.34. The van der Waals surface area contributed by atoms with Crippen molar-refractivity contribution in [2.75, 3.05) is 6.61 Å². The van der Waals surface area contributed by atoms with Crippen LogP contribution in [0.5, 0.6) is 0 Å². The van der Waals surface area contributed by atoms with Crippen LogP contribution in [-0.2, 0) is 20.9 Å². The lowest BCUT2D eigenvalue weighted by molar-refractivity contribution is -0.183. The van der Waals surface area contributed by atoms with Gasteiger partial charge in [0.05, 0.1) is 12.7 Å². The third kappa shape index (κ3) is 3.44. The van der Waals surface area contributed by atoms with Gasteiger partial charge in [-0.1, -0.05) is 25.5 Å². The number of hydrogen-bond donors (Lipinski definition) is 2. The normalized spacial score (nSPS) is 42.2. The summed E-state index contributed by atoms with van der Waals surface area (Å²) in [5.41, 5.74) is -0.262. The maximum absolute atomic E-state index is 13.3. The van der Waals surface area contributed by atoms with Crippen molar-refractivity contribution in [3.63, 3.8) is 0 Å². The Bertz CT molecular complexity index is 976. The molecule has 178 valence electrons. The predicted molar refractivity (Wildman–Crippen MR) is 122 cm³/mol. The first-order valence-corrected chi connectivity index (χ1v) is 12.3. The predicted octanol–water partition coefficient (Wildman–Crippen LogP) is 3.40. The summed E-state index contributed by atoms with van der Waals surface area (Å²) in [4.78, 5) is 29.4.